The maximum atomic E-state index is 9.10. The molecule has 0 aliphatic carbocycles. The van der Waals surface area contributed by atoms with Gasteiger partial charge in [0.15, 0.2) is 0 Å². The van der Waals surface area contributed by atoms with E-state index in [2.05, 4.69) is 22.6 Å². The summed E-state index contributed by atoms with van der Waals surface area (Å²) in [5, 5.41) is 9.10. The molecule has 0 saturated carbocycles. The maximum absolute atomic E-state index is 9.10. The number of aromatic hydroxyl groups is 1. The van der Waals surface area contributed by atoms with Gasteiger partial charge in [-0.1, -0.05) is 6.07 Å². The van der Waals surface area contributed by atoms with Gasteiger partial charge in [0, 0.05) is 3.57 Å². The highest BCUT2D eigenvalue weighted by molar-refractivity contribution is 14.1. The van der Waals surface area contributed by atoms with E-state index in [0.717, 1.165) is 9.03 Å². The van der Waals surface area contributed by atoms with Gasteiger partial charge in [-0.05, 0) is 40.2 Å². The van der Waals surface area contributed by atoms with E-state index in [4.69, 9.17) is 5.11 Å². The zero-order chi connectivity index (χ0) is 6.85. The van der Waals surface area contributed by atoms with Crippen molar-refractivity contribution in [3.8, 4) is 5.75 Å². The Morgan fingerprint density at radius 2 is 2.11 bits per heavy atom. The van der Waals surface area contributed by atoms with Crippen LogP contribution in [0.4, 0.5) is 0 Å². The van der Waals surface area contributed by atoms with Crippen LogP contribution < -0.4 is 5.46 Å². The Kier molecular flexibility index (Phi) is 2.00. The summed E-state index contributed by atoms with van der Waals surface area (Å²) in [6, 6.07) is 5.61. The molecule has 0 radical (unpaired) electrons. The van der Waals surface area contributed by atoms with Gasteiger partial charge in [0.25, 0.3) is 0 Å². The van der Waals surface area contributed by atoms with Crippen LogP contribution >= 0.6 is 22.6 Å². The van der Waals surface area contributed by atoms with E-state index in [1.807, 2.05) is 20.0 Å². The van der Waals surface area contributed by atoms with Gasteiger partial charge in [0.2, 0.25) is 0 Å². The molecule has 0 heterocycles. The highest BCUT2D eigenvalue weighted by atomic mass is 127. The molecule has 0 aliphatic rings. The van der Waals surface area contributed by atoms with Gasteiger partial charge in [0.1, 0.15) is 13.6 Å². The van der Waals surface area contributed by atoms with Crippen molar-refractivity contribution >= 4 is 35.9 Å². The molecule has 1 N–H and O–H groups in total. The number of rotatable bonds is 0. The largest absolute Gasteiger partial charge is 0.509 e. The molecule has 1 rings (SSSR count). The van der Waals surface area contributed by atoms with Crippen LogP contribution in [-0.2, 0) is 0 Å². The highest BCUT2D eigenvalue weighted by Gasteiger charge is 1.92. The smallest absolute Gasteiger partial charge is 0.144 e. The van der Waals surface area contributed by atoms with Crippen molar-refractivity contribution in [2.45, 2.75) is 0 Å². The Balaban J connectivity index is 3.17. The molecule has 0 bridgehead atoms. The van der Waals surface area contributed by atoms with Crippen LogP contribution in [-0.4, -0.2) is 13.0 Å². The number of hydrogen-bond acceptors (Lipinski definition) is 1. The van der Waals surface area contributed by atoms with Gasteiger partial charge >= 0.3 is 0 Å². The van der Waals surface area contributed by atoms with Crippen molar-refractivity contribution in [3.63, 3.8) is 0 Å². The van der Waals surface area contributed by atoms with Crippen LogP contribution in [0.25, 0.3) is 0 Å². The Labute approximate surface area is 68.6 Å². The Morgan fingerprint density at radius 3 is 2.56 bits per heavy atom. The van der Waals surface area contributed by atoms with Crippen LogP contribution in [0.3, 0.4) is 0 Å². The molecule has 3 heteroatoms. The van der Waals surface area contributed by atoms with Gasteiger partial charge in [-0.3, -0.25) is 0 Å². The van der Waals surface area contributed by atoms with Crippen molar-refractivity contribution in [2.75, 3.05) is 0 Å². The molecule has 46 valence electrons. The fourth-order valence-electron chi connectivity index (χ4n) is 0.583. The predicted molar refractivity (Wildman–Crippen MR) is 49.0 cm³/mol. The lowest BCUT2D eigenvalue weighted by Gasteiger charge is -1.96. The van der Waals surface area contributed by atoms with E-state index >= 15 is 0 Å². The third-order valence-corrected chi connectivity index (χ3v) is 1.84. The van der Waals surface area contributed by atoms with Crippen molar-refractivity contribution in [3.05, 3.63) is 21.8 Å². The Morgan fingerprint density at radius 1 is 1.44 bits per heavy atom. The van der Waals surface area contributed by atoms with E-state index in [1.165, 1.54) is 0 Å². The molecule has 0 aromatic heterocycles. The van der Waals surface area contributed by atoms with Crippen LogP contribution in [0.1, 0.15) is 0 Å². The zero-order valence-corrected chi connectivity index (χ0v) is 7.21. The van der Waals surface area contributed by atoms with Gasteiger partial charge in [-0.15, -0.1) is 0 Å². The highest BCUT2D eigenvalue weighted by Crippen LogP contribution is 2.09. The predicted octanol–water partition coefficient (Wildman–Crippen LogP) is 0.255. The fourth-order valence-corrected chi connectivity index (χ4v) is 1.06. The number of halogens is 1. The van der Waals surface area contributed by atoms with Crippen LogP contribution in [0.15, 0.2) is 18.2 Å². The SMILES string of the molecule is Bc1ccc(I)cc1O. The van der Waals surface area contributed by atoms with Crippen LogP contribution in [0.2, 0.25) is 0 Å². The summed E-state index contributed by atoms with van der Waals surface area (Å²) in [5.41, 5.74) is 0.926. The number of benzene rings is 1. The first-order valence-corrected chi connectivity index (χ1v) is 3.73. The molecule has 0 aliphatic heterocycles. The van der Waals surface area contributed by atoms with Gasteiger partial charge in [-0.25, -0.2) is 0 Å². The number of hydrogen-bond donors (Lipinski definition) is 1. The molecular formula is C6H6BIO. The normalized spacial score (nSPS) is 9.44. The second-order valence-corrected chi connectivity index (χ2v) is 3.18. The van der Waals surface area contributed by atoms with E-state index in [9.17, 15) is 0 Å². The minimum atomic E-state index is 0.377. The fraction of sp³-hybridized carbons (Fsp3) is 0. The first-order valence-electron chi connectivity index (χ1n) is 2.65. The summed E-state index contributed by atoms with van der Waals surface area (Å²) < 4.78 is 1.07. The van der Waals surface area contributed by atoms with Crippen molar-refractivity contribution in [2.24, 2.45) is 0 Å². The second kappa shape index (κ2) is 2.60. The summed E-state index contributed by atoms with van der Waals surface area (Å²) >= 11 is 2.16. The first-order chi connectivity index (χ1) is 4.20. The third kappa shape index (κ3) is 1.61. The van der Waals surface area contributed by atoms with E-state index < -0.39 is 0 Å². The molecule has 9 heavy (non-hydrogen) atoms. The first kappa shape index (κ1) is 6.93. The van der Waals surface area contributed by atoms with E-state index in [-0.39, 0.29) is 0 Å². The van der Waals surface area contributed by atoms with Gasteiger partial charge in [-0.2, -0.15) is 0 Å². The number of phenolic OH excluding ortho intramolecular Hbond substituents is 1. The Hall–Kier alpha value is -0.185. The molecule has 0 amide bonds. The standard InChI is InChI=1S/C6H6BIO/c7-5-2-1-4(8)3-6(5)9/h1-3,9H,7H2. The monoisotopic (exact) mass is 232 g/mol. The summed E-state index contributed by atoms with van der Waals surface area (Å²) in [7, 11) is 1.88. The number of phenols is 1. The maximum Gasteiger partial charge on any atom is 0.144 e. The quantitative estimate of drug-likeness (QED) is 0.502. The van der Waals surface area contributed by atoms with Crippen LogP contribution in [0.5, 0.6) is 5.75 Å². The summed E-state index contributed by atoms with van der Waals surface area (Å²) in [6.45, 7) is 0. The molecule has 0 spiro atoms. The van der Waals surface area contributed by atoms with Crippen molar-refractivity contribution < 1.29 is 5.11 Å². The molecule has 1 nitrogen and oxygen atoms in total. The van der Waals surface area contributed by atoms with Crippen molar-refractivity contribution in [1.29, 1.82) is 0 Å². The molecule has 1 aromatic rings. The lowest BCUT2D eigenvalue weighted by Crippen LogP contribution is -2.01. The molecule has 1 aromatic carbocycles. The van der Waals surface area contributed by atoms with Gasteiger partial charge in [0.05, 0.1) is 0 Å². The van der Waals surface area contributed by atoms with E-state index in [1.54, 1.807) is 6.07 Å². The third-order valence-electron chi connectivity index (χ3n) is 1.17. The second-order valence-electron chi connectivity index (χ2n) is 1.93. The summed E-state index contributed by atoms with van der Waals surface area (Å²) in [6.07, 6.45) is 0. The van der Waals surface area contributed by atoms with Crippen LogP contribution in [0, 0.1) is 3.57 Å². The molecular weight excluding hydrogens is 226 g/mol. The minimum absolute atomic E-state index is 0.377. The molecule has 0 unspecified atom stereocenters. The average Bonchev–Trinajstić information content (AvgIpc) is 1.80. The summed E-state index contributed by atoms with van der Waals surface area (Å²) in [4.78, 5) is 0. The molecule has 0 saturated heterocycles. The topological polar surface area (TPSA) is 20.2 Å². The molecule has 0 fully saturated rings. The zero-order valence-electron chi connectivity index (χ0n) is 5.06. The van der Waals surface area contributed by atoms with Gasteiger partial charge < -0.3 is 5.11 Å². The lowest BCUT2D eigenvalue weighted by molar-refractivity contribution is 0.479. The minimum Gasteiger partial charge on any atom is -0.509 e. The average molecular weight is 232 g/mol. The van der Waals surface area contributed by atoms with E-state index in [0.29, 0.717) is 5.75 Å². The summed E-state index contributed by atoms with van der Waals surface area (Å²) in [5.74, 6) is 0.377. The lowest BCUT2D eigenvalue weighted by atomic mass is 9.96. The molecule has 0 atom stereocenters. The Bertz CT molecular complexity index is 224. The van der Waals surface area contributed by atoms with Crippen molar-refractivity contribution in [1.82, 2.24) is 0 Å².